The standard InChI is InChI=1S/C14H11N3O4S/c1-21-7-2-3-9-8(6-7)11-12(15-9)13(20)17(14(22)16-11)5-4-10(18)19/h2-3,6H,4-5H2,1H3,(H,18,19). The molecule has 1 N–H and O–H groups in total. The summed E-state index contributed by atoms with van der Waals surface area (Å²) in [5.74, 6) is -0.803. The number of aliphatic imine (C=N–C) groups is 2. The lowest BCUT2D eigenvalue weighted by Crippen LogP contribution is -2.47. The van der Waals surface area contributed by atoms with E-state index in [1.54, 1.807) is 25.3 Å². The van der Waals surface area contributed by atoms with Crippen molar-refractivity contribution in [2.24, 2.45) is 9.98 Å². The highest BCUT2D eigenvalue weighted by atomic mass is 32.1. The number of carboxylic acid groups (broad SMARTS) is 1. The summed E-state index contributed by atoms with van der Waals surface area (Å²) in [6, 6.07) is 5.22. The number of carbonyl (C=O) groups is 2. The Hall–Kier alpha value is -2.61. The van der Waals surface area contributed by atoms with Crippen molar-refractivity contribution in [1.29, 1.82) is 0 Å². The second-order valence-electron chi connectivity index (χ2n) is 4.69. The van der Waals surface area contributed by atoms with Crippen LogP contribution in [0.25, 0.3) is 0 Å². The number of carboxylic acids is 1. The van der Waals surface area contributed by atoms with Gasteiger partial charge in [-0.2, -0.15) is 0 Å². The first kappa shape index (κ1) is 14.3. The molecular weight excluding hydrogens is 306 g/mol. The minimum absolute atomic E-state index is 0.0253. The quantitative estimate of drug-likeness (QED) is 0.842. The maximum absolute atomic E-state index is 12.5. The van der Waals surface area contributed by atoms with E-state index in [0.29, 0.717) is 22.7 Å². The van der Waals surface area contributed by atoms with Gasteiger partial charge in [0.25, 0.3) is 5.91 Å². The zero-order valence-electron chi connectivity index (χ0n) is 11.6. The van der Waals surface area contributed by atoms with Crippen molar-refractivity contribution >= 4 is 46.3 Å². The fourth-order valence-corrected chi connectivity index (χ4v) is 2.53. The van der Waals surface area contributed by atoms with Crippen LogP contribution in [-0.4, -0.2) is 52.1 Å². The largest absolute Gasteiger partial charge is 0.497 e. The molecule has 0 saturated carbocycles. The molecule has 0 saturated heterocycles. The van der Waals surface area contributed by atoms with Gasteiger partial charge in [0.05, 0.1) is 19.2 Å². The lowest BCUT2D eigenvalue weighted by molar-refractivity contribution is -0.137. The summed E-state index contributed by atoms with van der Waals surface area (Å²) in [6.07, 6.45) is -0.204. The van der Waals surface area contributed by atoms with Crippen LogP contribution in [0.5, 0.6) is 5.75 Å². The van der Waals surface area contributed by atoms with Gasteiger partial charge in [0.2, 0.25) is 5.11 Å². The normalized spacial score (nSPS) is 16.0. The molecule has 1 aromatic carbocycles. The highest BCUT2D eigenvalue weighted by molar-refractivity contribution is 7.80. The monoisotopic (exact) mass is 317 g/mol. The summed E-state index contributed by atoms with van der Waals surface area (Å²) in [5, 5.41) is 8.79. The van der Waals surface area contributed by atoms with Gasteiger partial charge in [-0.3, -0.25) is 14.5 Å². The van der Waals surface area contributed by atoms with E-state index in [9.17, 15) is 9.59 Å². The van der Waals surface area contributed by atoms with Crippen molar-refractivity contribution in [2.75, 3.05) is 13.7 Å². The minimum Gasteiger partial charge on any atom is -0.497 e. The van der Waals surface area contributed by atoms with Crippen molar-refractivity contribution in [3.8, 4) is 5.75 Å². The topological polar surface area (TPSA) is 91.6 Å². The van der Waals surface area contributed by atoms with E-state index in [0.717, 1.165) is 4.90 Å². The Morgan fingerprint density at radius 1 is 1.36 bits per heavy atom. The zero-order valence-corrected chi connectivity index (χ0v) is 12.4. The van der Waals surface area contributed by atoms with Crippen molar-refractivity contribution in [3.63, 3.8) is 0 Å². The smallest absolute Gasteiger partial charge is 0.305 e. The molecule has 112 valence electrons. The molecule has 0 bridgehead atoms. The summed E-state index contributed by atoms with van der Waals surface area (Å²) in [4.78, 5) is 32.8. The first-order valence-electron chi connectivity index (χ1n) is 6.45. The maximum Gasteiger partial charge on any atom is 0.305 e. The summed E-state index contributed by atoms with van der Waals surface area (Å²) < 4.78 is 5.16. The number of fused-ring (bicyclic) bond motifs is 3. The molecule has 0 unspecified atom stereocenters. The number of benzene rings is 1. The van der Waals surface area contributed by atoms with Crippen LogP contribution in [0.1, 0.15) is 12.0 Å². The van der Waals surface area contributed by atoms with E-state index in [4.69, 9.17) is 22.1 Å². The predicted molar refractivity (Wildman–Crippen MR) is 83.2 cm³/mol. The third-order valence-corrected chi connectivity index (χ3v) is 3.66. The molecule has 22 heavy (non-hydrogen) atoms. The van der Waals surface area contributed by atoms with Crippen molar-refractivity contribution < 1.29 is 19.4 Å². The highest BCUT2D eigenvalue weighted by Gasteiger charge is 2.37. The molecule has 0 aliphatic carbocycles. The van der Waals surface area contributed by atoms with E-state index in [1.807, 2.05) is 0 Å². The molecule has 0 aromatic heterocycles. The second kappa shape index (κ2) is 5.30. The molecule has 0 atom stereocenters. The van der Waals surface area contributed by atoms with E-state index in [1.165, 1.54) is 0 Å². The first-order chi connectivity index (χ1) is 10.5. The van der Waals surface area contributed by atoms with E-state index in [-0.39, 0.29) is 23.8 Å². The number of nitrogens with zero attached hydrogens (tertiary/aromatic N) is 3. The van der Waals surface area contributed by atoms with Gasteiger partial charge >= 0.3 is 5.97 Å². The predicted octanol–water partition coefficient (Wildman–Crippen LogP) is 1.17. The van der Waals surface area contributed by atoms with Gasteiger partial charge < -0.3 is 9.84 Å². The number of methoxy groups -OCH3 is 1. The highest BCUT2D eigenvalue weighted by Crippen LogP contribution is 2.32. The number of rotatable bonds is 4. The van der Waals surface area contributed by atoms with Gasteiger partial charge in [-0.1, -0.05) is 0 Å². The minimum atomic E-state index is -1.01. The fourth-order valence-electron chi connectivity index (χ4n) is 2.27. The van der Waals surface area contributed by atoms with Crippen LogP contribution in [-0.2, 0) is 9.59 Å². The van der Waals surface area contributed by atoms with Crippen LogP contribution in [0.4, 0.5) is 5.69 Å². The van der Waals surface area contributed by atoms with E-state index >= 15 is 0 Å². The molecule has 2 heterocycles. The lowest BCUT2D eigenvalue weighted by Gasteiger charge is -2.24. The Morgan fingerprint density at radius 2 is 2.14 bits per heavy atom. The van der Waals surface area contributed by atoms with E-state index < -0.39 is 11.9 Å². The van der Waals surface area contributed by atoms with Crippen LogP contribution in [0.3, 0.4) is 0 Å². The van der Waals surface area contributed by atoms with Crippen LogP contribution in [0.2, 0.25) is 0 Å². The van der Waals surface area contributed by atoms with E-state index in [2.05, 4.69) is 9.98 Å². The Bertz CT molecular complexity index is 769. The number of ether oxygens (including phenoxy) is 1. The number of aliphatic carboxylic acids is 1. The first-order valence-corrected chi connectivity index (χ1v) is 6.86. The van der Waals surface area contributed by atoms with Gasteiger partial charge in [-0.15, -0.1) is 0 Å². The summed E-state index contributed by atoms with van der Waals surface area (Å²) in [7, 11) is 1.55. The van der Waals surface area contributed by atoms with Crippen molar-refractivity contribution in [3.05, 3.63) is 23.8 Å². The molecule has 7 nitrogen and oxygen atoms in total. The SMILES string of the molecule is COc1ccc2c(c1)C1=NC(=S)N(CCC(=O)O)C(=O)C1=N2. The Labute approximate surface area is 130 Å². The third-order valence-electron chi connectivity index (χ3n) is 3.35. The van der Waals surface area contributed by atoms with Gasteiger partial charge in [0, 0.05) is 12.1 Å². The molecule has 2 aliphatic heterocycles. The van der Waals surface area contributed by atoms with Crippen LogP contribution < -0.4 is 4.74 Å². The molecule has 3 rings (SSSR count). The van der Waals surface area contributed by atoms with Gasteiger partial charge in [0.15, 0.2) is 5.71 Å². The number of thiocarbonyl (C=S) groups is 1. The maximum atomic E-state index is 12.5. The molecule has 0 spiro atoms. The number of hydrogen-bond donors (Lipinski definition) is 1. The molecule has 1 aromatic rings. The van der Waals surface area contributed by atoms with Crippen LogP contribution in [0, 0.1) is 0 Å². The Balaban J connectivity index is 1.98. The molecule has 2 aliphatic rings. The van der Waals surface area contributed by atoms with Gasteiger partial charge in [-0.05, 0) is 30.4 Å². The van der Waals surface area contributed by atoms with Crippen LogP contribution in [0.15, 0.2) is 28.2 Å². The van der Waals surface area contributed by atoms with Crippen molar-refractivity contribution in [1.82, 2.24) is 4.90 Å². The Morgan fingerprint density at radius 3 is 2.82 bits per heavy atom. The fraction of sp³-hybridized carbons (Fsp3) is 0.214. The summed E-state index contributed by atoms with van der Waals surface area (Å²) in [6.45, 7) is -0.0253. The lowest BCUT2D eigenvalue weighted by atomic mass is 10.1. The zero-order chi connectivity index (χ0) is 15.9. The van der Waals surface area contributed by atoms with Gasteiger partial charge in [-0.25, -0.2) is 9.98 Å². The molecule has 8 heteroatoms. The Kier molecular flexibility index (Phi) is 3.45. The molecule has 1 amide bonds. The average Bonchev–Trinajstić information content (AvgIpc) is 2.84. The second-order valence-corrected chi connectivity index (χ2v) is 5.05. The summed E-state index contributed by atoms with van der Waals surface area (Å²) >= 11 is 5.11. The van der Waals surface area contributed by atoms with Crippen LogP contribution >= 0.6 is 12.2 Å². The number of carbonyl (C=O) groups excluding carboxylic acids is 1. The average molecular weight is 317 g/mol. The third kappa shape index (κ3) is 2.27. The molecular formula is C14H11N3O4S. The molecule has 0 radical (unpaired) electrons. The summed E-state index contributed by atoms with van der Waals surface area (Å²) in [5.41, 5.74) is 1.89. The number of hydrogen-bond acceptors (Lipinski definition) is 5. The van der Waals surface area contributed by atoms with Crippen molar-refractivity contribution in [2.45, 2.75) is 6.42 Å². The molecule has 0 fully saturated rings. The van der Waals surface area contributed by atoms with Gasteiger partial charge in [0.1, 0.15) is 11.5 Å². The number of amides is 1.